The zero-order valence-corrected chi connectivity index (χ0v) is 11.8. The van der Waals surface area contributed by atoms with Crippen molar-refractivity contribution in [2.45, 2.75) is 27.7 Å². The van der Waals surface area contributed by atoms with E-state index in [1.165, 1.54) is 24.6 Å². The van der Waals surface area contributed by atoms with Gasteiger partial charge in [0, 0.05) is 7.26 Å². The molecule has 0 nitrogen and oxygen atoms in total. The molecule has 0 aliphatic heterocycles. The van der Waals surface area contributed by atoms with E-state index in [4.69, 9.17) is 0 Å². The molecule has 104 valence electrons. The van der Waals surface area contributed by atoms with Crippen LogP contribution in [0.5, 0.6) is 0 Å². The van der Waals surface area contributed by atoms with Crippen LogP contribution in [0.4, 0.5) is 25.2 Å². The summed E-state index contributed by atoms with van der Waals surface area (Å²) in [6.45, 7) is 9.41. The van der Waals surface area contributed by atoms with E-state index in [0.29, 0.717) is 0 Å². The standard InChI is InChI=1S/C8H20P.F6P/c1-5-9(6-2,7-3)8-4;1-7(2,3,4,5)6/h5-8H2,1-4H3;/q+1;-1. The van der Waals surface area contributed by atoms with Crippen LogP contribution in [0.3, 0.4) is 0 Å². The Labute approximate surface area is 93.4 Å². The first-order valence-electron chi connectivity index (χ1n) is 5.11. The normalized spacial score (nSPS) is 16.9. The van der Waals surface area contributed by atoms with Crippen molar-refractivity contribution in [3.8, 4) is 0 Å². The van der Waals surface area contributed by atoms with Gasteiger partial charge in [-0.25, -0.2) is 0 Å². The van der Waals surface area contributed by atoms with E-state index in [-0.39, 0.29) is 0 Å². The van der Waals surface area contributed by atoms with E-state index in [9.17, 15) is 25.2 Å². The van der Waals surface area contributed by atoms with Crippen LogP contribution in [0.25, 0.3) is 0 Å². The minimum absolute atomic E-state index is 0.420. The third kappa shape index (κ3) is 16.9. The summed E-state index contributed by atoms with van der Waals surface area (Å²) < 4.78 is 59.2. The topological polar surface area (TPSA) is 0 Å². The number of hydrogen-bond acceptors (Lipinski definition) is 0. The van der Waals surface area contributed by atoms with Gasteiger partial charge in [0.2, 0.25) is 0 Å². The Hall–Kier alpha value is 0.440. The fraction of sp³-hybridized carbons (Fsp3) is 1.00. The van der Waals surface area contributed by atoms with Gasteiger partial charge in [0.25, 0.3) is 0 Å². The van der Waals surface area contributed by atoms with Crippen molar-refractivity contribution < 1.29 is 25.2 Å². The Morgan fingerprint density at radius 2 is 0.750 bits per heavy atom. The molecule has 0 N–H and O–H groups in total. The Kier molecular flexibility index (Phi) is 5.84. The Balaban J connectivity index is 0. The van der Waals surface area contributed by atoms with Crippen LogP contribution in [0, 0.1) is 0 Å². The molecule has 0 aliphatic rings. The van der Waals surface area contributed by atoms with Gasteiger partial charge in [0.1, 0.15) is 0 Å². The van der Waals surface area contributed by atoms with E-state index < -0.39 is 15.1 Å². The summed E-state index contributed by atoms with van der Waals surface area (Å²) in [7, 11) is -11.1. The second kappa shape index (κ2) is 4.97. The van der Waals surface area contributed by atoms with Crippen molar-refractivity contribution in [2.75, 3.05) is 24.6 Å². The molecule has 0 aromatic carbocycles. The predicted octanol–water partition coefficient (Wildman–Crippen LogP) is 6.47. The SMILES string of the molecule is CC[P+](CC)(CC)CC.F[P-](F)(F)(F)(F)F. The number of rotatable bonds is 4. The van der Waals surface area contributed by atoms with E-state index in [0.717, 1.165) is 0 Å². The van der Waals surface area contributed by atoms with Gasteiger partial charge < -0.3 is 0 Å². The molecule has 0 bridgehead atoms. The molecule has 0 saturated carbocycles. The summed E-state index contributed by atoms with van der Waals surface area (Å²) in [5.74, 6) is 0. The molecule has 0 heterocycles. The molecule has 16 heavy (non-hydrogen) atoms. The molecule has 0 radical (unpaired) electrons. The van der Waals surface area contributed by atoms with Gasteiger partial charge in [-0.2, -0.15) is 0 Å². The zero-order chi connectivity index (χ0) is 13.7. The molecule has 0 aliphatic carbocycles. The van der Waals surface area contributed by atoms with Crippen LogP contribution in [0.1, 0.15) is 27.7 Å². The summed E-state index contributed by atoms with van der Waals surface area (Å²) in [5, 5.41) is 0. The quantitative estimate of drug-likeness (QED) is 0.411. The van der Waals surface area contributed by atoms with Crippen LogP contribution in [-0.4, -0.2) is 24.6 Å². The molecule has 0 aromatic heterocycles. The first-order valence-corrected chi connectivity index (χ1v) is 9.67. The van der Waals surface area contributed by atoms with Gasteiger partial charge in [-0.3, -0.25) is 0 Å². The molecule has 0 unspecified atom stereocenters. The van der Waals surface area contributed by atoms with Crippen LogP contribution in [0.15, 0.2) is 0 Å². The van der Waals surface area contributed by atoms with Crippen molar-refractivity contribution in [2.24, 2.45) is 0 Å². The molecule has 0 atom stereocenters. The molecule has 0 amide bonds. The summed E-state index contributed by atoms with van der Waals surface area (Å²) in [4.78, 5) is 0. The van der Waals surface area contributed by atoms with Crippen molar-refractivity contribution >= 4 is 15.1 Å². The molecule has 0 fully saturated rings. The minimum atomic E-state index is -10.7. The molecule has 8 heteroatoms. The fourth-order valence-electron chi connectivity index (χ4n) is 1.34. The molecular weight excluding hydrogens is 272 g/mol. The van der Waals surface area contributed by atoms with E-state index in [1.807, 2.05) is 0 Å². The number of hydrogen-bond donors (Lipinski definition) is 0. The average Bonchev–Trinajstić information content (AvgIpc) is 2.04. The fourth-order valence-corrected chi connectivity index (χ4v) is 4.02. The van der Waals surface area contributed by atoms with Gasteiger partial charge in [-0.15, -0.1) is 0 Å². The molecule has 0 aromatic rings. The van der Waals surface area contributed by atoms with Gasteiger partial charge in [-0.1, -0.05) is 0 Å². The predicted molar refractivity (Wildman–Crippen MR) is 62.7 cm³/mol. The van der Waals surface area contributed by atoms with Crippen LogP contribution in [0.2, 0.25) is 0 Å². The third-order valence-electron chi connectivity index (χ3n) is 2.68. The molecule has 0 rings (SSSR count). The van der Waals surface area contributed by atoms with Crippen molar-refractivity contribution in [1.82, 2.24) is 0 Å². The Morgan fingerprint density at radius 3 is 0.750 bits per heavy atom. The van der Waals surface area contributed by atoms with E-state index in [2.05, 4.69) is 27.7 Å². The number of halogens is 6. The van der Waals surface area contributed by atoms with E-state index in [1.54, 1.807) is 0 Å². The summed E-state index contributed by atoms with van der Waals surface area (Å²) in [6.07, 6.45) is 5.82. The molecule has 0 saturated heterocycles. The maximum absolute atomic E-state index is 10.7. The summed E-state index contributed by atoms with van der Waals surface area (Å²) >= 11 is 0. The van der Waals surface area contributed by atoms with Crippen LogP contribution < -0.4 is 0 Å². The van der Waals surface area contributed by atoms with Crippen LogP contribution >= 0.6 is 15.1 Å². The summed E-state index contributed by atoms with van der Waals surface area (Å²) in [5.41, 5.74) is 0. The van der Waals surface area contributed by atoms with Crippen LogP contribution in [-0.2, 0) is 0 Å². The Morgan fingerprint density at radius 1 is 0.625 bits per heavy atom. The first kappa shape index (κ1) is 18.8. The molecular formula is C8H20F6P2. The average molecular weight is 292 g/mol. The van der Waals surface area contributed by atoms with Crippen molar-refractivity contribution in [3.05, 3.63) is 0 Å². The van der Waals surface area contributed by atoms with Gasteiger partial charge in [-0.05, 0) is 27.7 Å². The molecule has 0 spiro atoms. The monoisotopic (exact) mass is 292 g/mol. The van der Waals surface area contributed by atoms with Gasteiger partial charge in [0.15, 0.2) is 0 Å². The van der Waals surface area contributed by atoms with Crippen molar-refractivity contribution in [3.63, 3.8) is 0 Å². The Bertz CT molecular complexity index is 173. The van der Waals surface area contributed by atoms with E-state index >= 15 is 0 Å². The third-order valence-corrected chi connectivity index (χ3v) is 8.05. The van der Waals surface area contributed by atoms with Gasteiger partial charge >= 0.3 is 33.0 Å². The van der Waals surface area contributed by atoms with Crippen molar-refractivity contribution in [1.29, 1.82) is 0 Å². The zero-order valence-electron chi connectivity index (χ0n) is 9.99. The first-order chi connectivity index (χ1) is 6.69. The van der Waals surface area contributed by atoms with Gasteiger partial charge in [0.05, 0.1) is 24.6 Å². The maximum atomic E-state index is 9.87. The second-order valence-corrected chi connectivity index (χ2v) is 10.7. The second-order valence-electron chi connectivity index (χ2n) is 3.56. The summed E-state index contributed by atoms with van der Waals surface area (Å²) in [6, 6.07) is 0.